The van der Waals surface area contributed by atoms with Crippen LogP contribution in [0.15, 0.2) is 18.2 Å². The van der Waals surface area contributed by atoms with E-state index in [1.807, 2.05) is 6.92 Å². The van der Waals surface area contributed by atoms with Gasteiger partial charge in [-0.1, -0.05) is 6.42 Å². The minimum atomic E-state index is -0.611. The van der Waals surface area contributed by atoms with Gasteiger partial charge in [-0.15, -0.1) is 0 Å². The van der Waals surface area contributed by atoms with Gasteiger partial charge in [0.25, 0.3) is 5.91 Å². The van der Waals surface area contributed by atoms with Gasteiger partial charge in [-0.2, -0.15) is 0 Å². The van der Waals surface area contributed by atoms with E-state index in [1.165, 1.54) is 24.2 Å². The van der Waals surface area contributed by atoms with E-state index in [4.69, 9.17) is 0 Å². The zero-order chi connectivity index (χ0) is 15.2. The summed E-state index contributed by atoms with van der Waals surface area (Å²) in [7, 11) is 0. The highest BCUT2D eigenvalue weighted by Crippen LogP contribution is 2.15. The maximum atomic E-state index is 13.6. The van der Waals surface area contributed by atoms with Crippen molar-refractivity contribution in [2.75, 3.05) is 18.4 Å². The van der Waals surface area contributed by atoms with Gasteiger partial charge in [-0.3, -0.25) is 4.79 Å². The number of likely N-dealkylation sites (tertiary alicyclic amines) is 1. The summed E-state index contributed by atoms with van der Waals surface area (Å²) in [5, 5.41) is 2.51. The summed E-state index contributed by atoms with van der Waals surface area (Å²) in [5.74, 6) is -1.42. The monoisotopic (exact) mass is 297 g/mol. The Hall–Kier alpha value is -1.49. The van der Waals surface area contributed by atoms with E-state index in [0.29, 0.717) is 0 Å². The van der Waals surface area contributed by atoms with E-state index in [0.717, 1.165) is 44.1 Å². The van der Waals surface area contributed by atoms with Crippen molar-refractivity contribution in [1.29, 1.82) is 0 Å². The Kier molecular flexibility index (Phi) is 5.67. The first-order valence-electron chi connectivity index (χ1n) is 7.68. The lowest BCUT2D eigenvalue weighted by Gasteiger charge is -2.27. The van der Waals surface area contributed by atoms with E-state index < -0.39 is 11.6 Å². The molecule has 0 aromatic heterocycles. The number of rotatable bonds is 3. The Labute approximate surface area is 124 Å². The van der Waals surface area contributed by atoms with E-state index in [9.17, 15) is 13.6 Å². The van der Waals surface area contributed by atoms with Crippen LogP contribution in [0.25, 0.3) is 0 Å². The van der Waals surface area contributed by atoms with Gasteiger partial charge in [0.05, 0.1) is 18.8 Å². The van der Waals surface area contributed by atoms with Crippen LogP contribution in [-0.4, -0.2) is 25.0 Å². The third-order valence-corrected chi connectivity index (χ3v) is 4.19. The van der Waals surface area contributed by atoms with Crippen LogP contribution in [0, 0.1) is 11.6 Å². The summed E-state index contributed by atoms with van der Waals surface area (Å²) in [6, 6.07) is 2.82. The summed E-state index contributed by atoms with van der Waals surface area (Å²) in [6.45, 7) is 3.77. The quantitative estimate of drug-likeness (QED) is 0.880. The van der Waals surface area contributed by atoms with Crippen LogP contribution in [0.4, 0.5) is 14.5 Å². The molecule has 0 unspecified atom stereocenters. The lowest BCUT2D eigenvalue weighted by molar-refractivity contribution is -0.914. The number of nitrogens with one attached hydrogen (secondary N) is 2. The minimum Gasteiger partial charge on any atom is -0.325 e. The fourth-order valence-corrected chi connectivity index (χ4v) is 2.81. The summed E-state index contributed by atoms with van der Waals surface area (Å²) >= 11 is 0. The summed E-state index contributed by atoms with van der Waals surface area (Å²) in [6.07, 6.45) is 5.90. The van der Waals surface area contributed by atoms with Gasteiger partial charge in [0.2, 0.25) is 0 Å². The van der Waals surface area contributed by atoms with Crippen molar-refractivity contribution in [3.8, 4) is 0 Å². The number of benzene rings is 1. The zero-order valence-electron chi connectivity index (χ0n) is 12.4. The molecule has 1 aromatic carbocycles. The van der Waals surface area contributed by atoms with Gasteiger partial charge >= 0.3 is 0 Å². The lowest BCUT2D eigenvalue weighted by atomic mass is 10.1. The molecule has 21 heavy (non-hydrogen) atoms. The largest absolute Gasteiger partial charge is 0.325 e. The third-order valence-electron chi connectivity index (χ3n) is 4.19. The standard InChI is InChI=1S/C16H22F2N2O/c1-12(20-9-5-3-2-4-6-10-20)16(21)19-15-11-13(17)7-8-14(15)18/h7-8,11-12H,2-6,9-10H2,1H3,(H,19,21)/p+1/t12-/m1/s1. The highest BCUT2D eigenvalue weighted by atomic mass is 19.1. The molecule has 1 heterocycles. The second kappa shape index (κ2) is 7.50. The normalized spacial score (nSPS) is 18.6. The van der Waals surface area contributed by atoms with Gasteiger partial charge in [0.15, 0.2) is 6.04 Å². The first kappa shape index (κ1) is 15.9. The molecule has 1 aromatic rings. The van der Waals surface area contributed by atoms with Crippen molar-refractivity contribution in [1.82, 2.24) is 0 Å². The molecule has 2 rings (SSSR count). The number of carbonyl (C=O) groups excluding carboxylic acids is 1. The van der Waals surface area contributed by atoms with Crippen molar-refractivity contribution >= 4 is 11.6 Å². The fraction of sp³-hybridized carbons (Fsp3) is 0.562. The van der Waals surface area contributed by atoms with Crippen molar-refractivity contribution in [3.05, 3.63) is 29.8 Å². The molecule has 5 heteroatoms. The highest BCUT2D eigenvalue weighted by molar-refractivity contribution is 5.93. The van der Waals surface area contributed by atoms with Crippen LogP contribution in [0.1, 0.15) is 39.0 Å². The second-order valence-electron chi connectivity index (χ2n) is 5.76. The van der Waals surface area contributed by atoms with Crippen molar-refractivity contribution < 1.29 is 18.5 Å². The Bertz CT molecular complexity index is 485. The topological polar surface area (TPSA) is 33.5 Å². The smallest absolute Gasteiger partial charge is 0.282 e. The van der Waals surface area contributed by atoms with Gasteiger partial charge < -0.3 is 10.2 Å². The summed E-state index contributed by atoms with van der Waals surface area (Å²) in [5.41, 5.74) is -0.0849. The number of amides is 1. The summed E-state index contributed by atoms with van der Waals surface area (Å²) < 4.78 is 26.7. The van der Waals surface area contributed by atoms with Crippen LogP contribution in [0.2, 0.25) is 0 Å². The van der Waals surface area contributed by atoms with Gasteiger partial charge in [-0.05, 0) is 44.7 Å². The van der Waals surface area contributed by atoms with Crippen molar-refractivity contribution in [2.45, 2.75) is 45.1 Å². The first-order chi connectivity index (χ1) is 10.1. The summed E-state index contributed by atoms with van der Waals surface area (Å²) in [4.78, 5) is 13.5. The average Bonchev–Trinajstić information content (AvgIpc) is 2.42. The van der Waals surface area contributed by atoms with Crippen molar-refractivity contribution in [3.63, 3.8) is 0 Å². The van der Waals surface area contributed by atoms with Crippen LogP contribution < -0.4 is 10.2 Å². The third kappa shape index (κ3) is 4.49. The molecule has 3 nitrogen and oxygen atoms in total. The molecule has 0 bridgehead atoms. The molecular formula is C16H23F2N2O+. The molecule has 1 aliphatic rings. The van der Waals surface area contributed by atoms with Crippen molar-refractivity contribution in [2.24, 2.45) is 0 Å². The molecule has 116 valence electrons. The Balaban J connectivity index is 1.99. The number of hydrogen-bond donors (Lipinski definition) is 2. The fourth-order valence-electron chi connectivity index (χ4n) is 2.81. The zero-order valence-corrected chi connectivity index (χ0v) is 12.4. The number of halogens is 2. The van der Waals surface area contributed by atoms with Gasteiger partial charge in [0.1, 0.15) is 11.6 Å². The molecule has 0 saturated carbocycles. The molecule has 1 saturated heterocycles. The maximum absolute atomic E-state index is 13.6. The van der Waals surface area contributed by atoms with Crippen LogP contribution in [-0.2, 0) is 4.79 Å². The van der Waals surface area contributed by atoms with Crippen LogP contribution in [0.5, 0.6) is 0 Å². The molecular weight excluding hydrogens is 274 g/mol. The van der Waals surface area contributed by atoms with E-state index in [2.05, 4.69) is 5.32 Å². The molecule has 0 spiro atoms. The molecule has 0 aliphatic carbocycles. The number of anilines is 1. The van der Waals surface area contributed by atoms with E-state index in [-0.39, 0.29) is 17.6 Å². The Morgan fingerprint density at radius 2 is 1.76 bits per heavy atom. The van der Waals surface area contributed by atoms with Gasteiger partial charge in [0, 0.05) is 6.07 Å². The molecule has 1 fully saturated rings. The highest BCUT2D eigenvalue weighted by Gasteiger charge is 2.26. The van der Waals surface area contributed by atoms with Crippen LogP contribution in [0.3, 0.4) is 0 Å². The van der Waals surface area contributed by atoms with E-state index >= 15 is 0 Å². The minimum absolute atomic E-state index is 0.0849. The molecule has 2 N–H and O–H groups in total. The predicted octanol–water partition coefficient (Wildman–Crippen LogP) is 2.14. The lowest BCUT2D eigenvalue weighted by Crippen LogP contribution is -3.16. The molecule has 1 atom stereocenters. The SMILES string of the molecule is C[C@H](C(=O)Nc1cc(F)ccc1F)[NH+]1CCCCCCC1. The molecule has 1 aliphatic heterocycles. The number of quaternary nitrogens is 1. The second-order valence-corrected chi connectivity index (χ2v) is 5.76. The molecule has 1 amide bonds. The van der Waals surface area contributed by atoms with E-state index in [1.54, 1.807) is 0 Å². The Morgan fingerprint density at radius 1 is 1.14 bits per heavy atom. The maximum Gasteiger partial charge on any atom is 0.282 e. The number of carbonyl (C=O) groups is 1. The average molecular weight is 297 g/mol. The molecule has 0 radical (unpaired) electrons. The van der Waals surface area contributed by atoms with Crippen LogP contribution >= 0.6 is 0 Å². The Morgan fingerprint density at radius 3 is 2.43 bits per heavy atom. The van der Waals surface area contributed by atoms with Gasteiger partial charge in [-0.25, -0.2) is 8.78 Å². The number of hydrogen-bond acceptors (Lipinski definition) is 1. The first-order valence-corrected chi connectivity index (χ1v) is 7.68. The predicted molar refractivity (Wildman–Crippen MR) is 78.2 cm³/mol.